The van der Waals surface area contributed by atoms with Crippen LogP contribution < -0.4 is 9.80 Å². The van der Waals surface area contributed by atoms with Crippen LogP contribution in [0.1, 0.15) is 6.42 Å². The maximum atomic E-state index is 2.56. The van der Waals surface area contributed by atoms with E-state index in [0.717, 1.165) is 23.5 Å². The van der Waals surface area contributed by atoms with Crippen LogP contribution in [0.25, 0.3) is 53.6 Å². The highest BCUT2D eigenvalue weighted by Gasteiger charge is 2.28. The van der Waals surface area contributed by atoms with Gasteiger partial charge >= 0.3 is 0 Å². The molecule has 7 heteroatoms. The molecule has 10 rings (SSSR count). The summed E-state index contributed by atoms with van der Waals surface area (Å²) < 4.78 is 0. The maximum absolute atomic E-state index is 2.56. The summed E-state index contributed by atoms with van der Waals surface area (Å²) in [5, 5.41) is 5.19. The molecule has 1 atom stereocenters. The molecule has 1 unspecified atom stereocenters. The number of rotatable bonds is 13. The summed E-state index contributed by atoms with van der Waals surface area (Å²) in [5.41, 5.74) is 11.9. The smallest absolute Gasteiger partial charge is 0.0620 e. The molecule has 0 aliphatic heterocycles. The van der Waals surface area contributed by atoms with E-state index in [1.54, 1.807) is 0 Å². The zero-order valence-electron chi connectivity index (χ0n) is 42.8. The minimum Gasteiger partial charge on any atom is -0.310 e. The lowest BCUT2D eigenvalue weighted by Gasteiger charge is -2.35. The fourth-order valence-corrected chi connectivity index (χ4v) is 14.1. The van der Waals surface area contributed by atoms with Gasteiger partial charge in [0.1, 0.15) is 0 Å². The van der Waals surface area contributed by atoms with E-state index >= 15 is 0 Å². The van der Waals surface area contributed by atoms with E-state index in [9.17, 15) is 0 Å². The number of thiophene rings is 1. The van der Waals surface area contributed by atoms with Crippen LogP contribution in [-0.2, 0) is 0 Å². The van der Waals surface area contributed by atoms with Gasteiger partial charge in [-0.15, -0.1) is 11.3 Å². The second kappa shape index (κ2) is 19.8. The lowest BCUT2D eigenvalue weighted by molar-refractivity contribution is 1.02. The van der Waals surface area contributed by atoms with Gasteiger partial charge in [0.05, 0.1) is 11.4 Å². The average Bonchev–Trinajstić information content (AvgIpc) is 3.88. The highest BCUT2D eigenvalue weighted by Crippen LogP contribution is 2.54. The van der Waals surface area contributed by atoms with Crippen LogP contribution in [0, 0.1) is 0 Å². The Morgan fingerprint density at radius 1 is 0.423 bits per heavy atom. The third-order valence-corrected chi connectivity index (χ3v) is 20.7. The first-order valence-electron chi connectivity index (χ1n) is 24.2. The molecule has 1 aromatic heterocycles. The average molecular weight is 1020 g/mol. The van der Waals surface area contributed by atoms with Crippen molar-refractivity contribution < 1.29 is 0 Å². The predicted molar refractivity (Wildman–Crippen MR) is 329 cm³/mol. The summed E-state index contributed by atoms with van der Waals surface area (Å²) in [4.78, 5) is 11.9. The molecular weight excluding hydrogens is 957 g/mol. The fraction of sp³-hybridized carbons (Fsp3) is 0.188. The molecule has 0 saturated heterocycles. The van der Waals surface area contributed by atoms with Crippen molar-refractivity contribution >= 4 is 103 Å². The number of hydrogen-bond donors (Lipinski definition) is 0. The van der Waals surface area contributed by atoms with E-state index in [2.05, 4.69) is 273 Å². The zero-order valence-corrected chi connectivity index (χ0v) is 46.9. The summed E-state index contributed by atoms with van der Waals surface area (Å²) in [6.45, 7) is 0. The number of benzene rings is 8. The number of hydrogen-bond acceptors (Lipinski definition) is 4. The number of thioether (sulfide) groups is 1. The highest BCUT2D eigenvalue weighted by atomic mass is 32.3. The molecule has 0 spiro atoms. The van der Waals surface area contributed by atoms with Crippen LogP contribution in [0.2, 0.25) is 0 Å². The van der Waals surface area contributed by atoms with Crippen LogP contribution in [0.5, 0.6) is 0 Å². The van der Waals surface area contributed by atoms with Gasteiger partial charge in [0.25, 0.3) is 0 Å². The summed E-state index contributed by atoms with van der Waals surface area (Å²) in [6, 6.07) is 69.1. The topological polar surface area (TPSA) is 6.48 Å². The fourth-order valence-electron chi connectivity index (χ4n) is 9.65. The molecule has 1 aliphatic rings. The molecule has 8 aromatic carbocycles. The van der Waals surface area contributed by atoms with E-state index in [1.807, 2.05) is 23.1 Å². The Hall–Kier alpha value is -5.54. The molecule has 0 amide bonds. The molecule has 0 N–H and O–H groups in total. The first-order valence-corrected chi connectivity index (χ1v) is 34.8. The van der Waals surface area contributed by atoms with Gasteiger partial charge in [0.2, 0.25) is 0 Å². The van der Waals surface area contributed by atoms with Crippen molar-refractivity contribution in [2.45, 2.75) is 26.4 Å². The van der Waals surface area contributed by atoms with Crippen molar-refractivity contribution in [2.75, 3.05) is 72.4 Å². The third kappa shape index (κ3) is 10.1. The van der Waals surface area contributed by atoms with Crippen molar-refractivity contribution in [3.05, 3.63) is 206 Å². The van der Waals surface area contributed by atoms with Gasteiger partial charge in [-0.25, -0.2) is 30.1 Å². The van der Waals surface area contributed by atoms with Crippen molar-refractivity contribution in [2.24, 2.45) is 0 Å². The Morgan fingerprint density at radius 3 is 1.34 bits per heavy atom. The first-order chi connectivity index (χ1) is 34.0. The van der Waals surface area contributed by atoms with Crippen molar-refractivity contribution in [1.29, 1.82) is 0 Å². The number of nitrogens with zero attached hydrogens (tertiary/aromatic N) is 2. The van der Waals surface area contributed by atoms with E-state index < -0.39 is 30.1 Å². The normalized spacial score (nSPS) is 14.9. The summed E-state index contributed by atoms with van der Waals surface area (Å²) in [7, 11) is -2.78. The predicted octanol–water partition coefficient (Wildman–Crippen LogP) is 19.4. The molecule has 0 radical (unpaired) electrons. The van der Waals surface area contributed by atoms with Gasteiger partial charge in [-0.3, -0.25) is 0 Å². The largest absolute Gasteiger partial charge is 0.310 e. The third-order valence-electron chi connectivity index (χ3n) is 13.6. The summed E-state index contributed by atoms with van der Waals surface area (Å²) in [5.74, 6) is 0. The number of anilines is 5. The van der Waals surface area contributed by atoms with Gasteiger partial charge in [0.15, 0.2) is 0 Å². The van der Waals surface area contributed by atoms with Crippen molar-refractivity contribution in [3.8, 4) is 32.0 Å². The molecule has 1 aliphatic carbocycles. The van der Waals surface area contributed by atoms with Crippen LogP contribution in [0.15, 0.2) is 221 Å². The van der Waals surface area contributed by atoms with Crippen LogP contribution in [0.3, 0.4) is 0 Å². The lowest BCUT2D eigenvalue weighted by atomic mass is 9.92. The number of fused-ring (bicyclic) bond motifs is 2. The zero-order chi connectivity index (χ0) is 49.7. The van der Waals surface area contributed by atoms with Gasteiger partial charge in [-0.1, -0.05) is 97.1 Å². The van der Waals surface area contributed by atoms with Crippen molar-refractivity contribution in [1.82, 2.24) is 0 Å². The monoisotopic (exact) mass is 1020 g/mol. The standard InChI is InChI=1S/C64H66N2S5/c1-67-53-20-16-19-52(44-53)66(51-32-38-56(39-33-51)71(8,9)10)64-58-22-15-14-21-57(58)63(65(49-28-34-54(35-29-49)69(2,3)4)50-30-36-55(37-31-50)70(5,6)7)59-40-27-48(43-60(59)64)45-23-25-47(26-24-45)62-42-41-61(68-62)46-17-12-11-13-18-46/h11-19,21-44,53H,20H2,1-10H3. The van der Waals surface area contributed by atoms with E-state index in [1.165, 1.54) is 85.3 Å². The van der Waals surface area contributed by atoms with Crippen molar-refractivity contribution in [3.63, 3.8) is 0 Å². The summed E-state index contributed by atoms with van der Waals surface area (Å²) in [6.07, 6.45) is 31.9. The molecule has 71 heavy (non-hydrogen) atoms. The highest BCUT2D eigenvalue weighted by molar-refractivity contribution is 8.32. The van der Waals surface area contributed by atoms with E-state index in [-0.39, 0.29) is 0 Å². The number of allylic oxidation sites excluding steroid dienone is 2. The molecule has 0 bridgehead atoms. The molecule has 9 aromatic rings. The second-order valence-corrected chi connectivity index (χ2v) is 35.4. The summed E-state index contributed by atoms with van der Waals surface area (Å²) >= 11 is 3.77. The Bertz CT molecular complexity index is 3350. The quantitative estimate of drug-likeness (QED) is 0.0839. The Balaban J connectivity index is 1.24. The Kier molecular flexibility index (Phi) is 13.7. The molecule has 362 valence electrons. The molecule has 1 heterocycles. The van der Waals surface area contributed by atoms with E-state index in [0.29, 0.717) is 5.25 Å². The SMILES string of the molecule is CSC1C=C(N(c2ccc(S(C)(C)C)cc2)c2c3ccccc3c(N(c3ccc(S(C)(C)C)cc3)c3ccc(S(C)(C)C)cc3)c3ccc(-c4ccc(-c5ccc(-c6ccccc6)s5)cc4)cc23)C=CC1. The van der Waals surface area contributed by atoms with Gasteiger partial charge in [-0.05, 0) is 209 Å². The Morgan fingerprint density at radius 2 is 0.845 bits per heavy atom. The van der Waals surface area contributed by atoms with Crippen LogP contribution in [0.4, 0.5) is 28.4 Å². The van der Waals surface area contributed by atoms with Gasteiger partial charge in [0, 0.05) is 59.3 Å². The minimum atomic E-state index is -0.928. The van der Waals surface area contributed by atoms with Gasteiger partial charge in [-0.2, -0.15) is 11.8 Å². The minimum absolute atomic E-state index is 0.375. The Labute approximate surface area is 436 Å². The molecular formula is C64H66N2S5. The molecule has 2 nitrogen and oxygen atoms in total. The first kappa shape index (κ1) is 49.1. The van der Waals surface area contributed by atoms with E-state index in [4.69, 9.17) is 0 Å². The second-order valence-electron chi connectivity index (χ2n) is 20.8. The van der Waals surface area contributed by atoms with Crippen LogP contribution >= 0.6 is 53.2 Å². The lowest BCUT2D eigenvalue weighted by Crippen LogP contribution is -2.20. The maximum Gasteiger partial charge on any atom is 0.0620 e. The van der Waals surface area contributed by atoms with Gasteiger partial charge < -0.3 is 9.80 Å². The molecule has 0 saturated carbocycles. The van der Waals surface area contributed by atoms with Crippen LogP contribution in [-0.4, -0.2) is 67.8 Å². The molecule has 0 fully saturated rings.